The Labute approximate surface area is 151 Å². The summed E-state index contributed by atoms with van der Waals surface area (Å²) in [5, 5.41) is 3.88. The highest BCUT2D eigenvalue weighted by Gasteiger charge is 2.20. The Bertz CT molecular complexity index is 823. The Kier molecular flexibility index (Phi) is 4.40. The molecule has 2 heterocycles. The Balaban J connectivity index is 1.49. The van der Waals surface area contributed by atoms with Crippen molar-refractivity contribution >= 4 is 17.2 Å². The number of carbonyl (C=O) groups is 1. The lowest BCUT2D eigenvalue weighted by Crippen LogP contribution is -2.26. The van der Waals surface area contributed by atoms with Gasteiger partial charge in [-0.05, 0) is 31.2 Å². The number of nitrogens with one attached hydrogen (secondary N) is 1. The summed E-state index contributed by atoms with van der Waals surface area (Å²) in [6, 6.07) is 7.76. The van der Waals surface area contributed by atoms with Crippen LogP contribution in [0.3, 0.4) is 0 Å². The smallest absolute Gasteiger partial charge is 0.251 e. The Morgan fingerprint density at radius 3 is 2.68 bits per heavy atom. The molecule has 1 N–H and O–H groups in total. The monoisotopic (exact) mass is 351 g/mol. The molecule has 0 fully saturated rings. The molecular formula is C20H21N3OS. The minimum Gasteiger partial charge on any atom is -0.371 e. The molecule has 0 unspecified atom stereocenters. The number of aromatic nitrogens is 1. The third-order valence-electron chi connectivity index (χ3n) is 4.64. The van der Waals surface area contributed by atoms with Gasteiger partial charge in [0.05, 0.1) is 5.69 Å². The van der Waals surface area contributed by atoms with Crippen molar-refractivity contribution < 1.29 is 4.79 Å². The van der Waals surface area contributed by atoms with Gasteiger partial charge in [-0.15, -0.1) is 11.3 Å². The molecule has 2 aromatic rings. The predicted molar refractivity (Wildman–Crippen MR) is 102 cm³/mol. The minimum absolute atomic E-state index is 0.0246. The summed E-state index contributed by atoms with van der Waals surface area (Å²) in [5.74, 6) is -0.0246. The first-order chi connectivity index (χ1) is 12.2. The molecule has 4 nitrogen and oxygen atoms in total. The molecule has 1 amide bonds. The molecule has 0 saturated carbocycles. The van der Waals surface area contributed by atoms with Gasteiger partial charge >= 0.3 is 0 Å². The number of nitrogens with zero attached hydrogens (tertiary/aromatic N) is 2. The largest absolute Gasteiger partial charge is 0.371 e. The van der Waals surface area contributed by atoms with Crippen molar-refractivity contribution in [2.75, 3.05) is 19.6 Å². The third kappa shape index (κ3) is 3.24. The van der Waals surface area contributed by atoms with Crippen LogP contribution in [0.15, 0.2) is 48.2 Å². The average molecular weight is 351 g/mol. The lowest BCUT2D eigenvalue weighted by atomic mass is 10.1. The van der Waals surface area contributed by atoms with Crippen molar-refractivity contribution in [2.24, 2.45) is 0 Å². The zero-order chi connectivity index (χ0) is 17.2. The first-order valence-corrected chi connectivity index (χ1v) is 9.57. The first-order valence-electron chi connectivity index (χ1n) is 8.75. The van der Waals surface area contributed by atoms with E-state index in [1.165, 1.54) is 16.3 Å². The average Bonchev–Trinajstić information content (AvgIpc) is 2.90. The number of amides is 1. The van der Waals surface area contributed by atoms with E-state index < -0.39 is 0 Å². The molecule has 0 atom stereocenters. The minimum atomic E-state index is -0.0246. The molecule has 1 aliphatic carbocycles. The Morgan fingerprint density at radius 1 is 1.24 bits per heavy atom. The third-order valence-corrected chi connectivity index (χ3v) is 5.84. The molecule has 1 aromatic carbocycles. The lowest BCUT2D eigenvalue weighted by Gasteiger charge is -2.26. The number of hydrogen-bond donors (Lipinski definition) is 1. The summed E-state index contributed by atoms with van der Waals surface area (Å²) < 4.78 is 0. The van der Waals surface area contributed by atoms with Crippen LogP contribution in [0.2, 0.25) is 0 Å². The second-order valence-corrected chi connectivity index (χ2v) is 7.35. The van der Waals surface area contributed by atoms with E-state index in [0.29, 0.717) is 12.1 Å². The van der Waals surface area contributed by atoms with E-state index in [4.69, 9.17) is 4.98 Å². The van der Waals surface area contributed by atoms with E-state index >= 15 is 0 Å². The van der Waals surface area contributed by atoms with E-state index in [1.54, 1.807) is 11.3 Å². The summed E-state index contributed by atoms with van der Waals surface area (Å²) in [7, 11) is 0. The van der Waals surface area contributed by atoms with Crippen LogP contribution >= 0.6 is 11.3 Å². The fourth-order valence-corrected chi connectivity index (χ4v) is 4.27. The van der Waals surface area contributed by atoms with Crippen molar-refractivity contribution in [3.05, 3.63) is 64.3 Å². The molecule has 1 aliphatic heterocycles. The Hall–Kier alpha value is -2.40. The second kappa shape index (κ2) is 6.84. The van der Waals surface area contributed by atoms with Gasteiger partial charge in [0.15, 0.2) is 0 Å². The van der Waals surface area contributed by atoms with Crippen LogP contribution in [0.5, 0.6) is 0 Å². The maximum Gasteiger partial charge on any atom is 0.251 e. The number of fused-ring (bicyclic) bond motifs is 1. The fourth-order valence-electron chi connectivity index (χ4n) is 3.16. The summed E-state index contributed by atoms with van der Waals surface area (Å²) in [4.78, 5) is 20.6. The second-order valence-electron chi connectivity index (χ2n) is 6.26. The molecule has 25 heavy (non-hydrogen) atoms. The number of rotatable bonds is 4. The molecule has 4 rings (SSSR count). The van der Waals surface area contributed by atoms with E-state index in [9.17, 15) is 4.79 Å². The molecular weight excluding hydrogens is 330 g/mol. The quantitative estimate of drug-likeness (QED) is 0.918. The molecule has 5 heteroatoms. The van der Waals surface area contributed by atoms with Crippen molar-refractivity contribution in [3.8, 4) is 10.6 Å². The standard InChI is InChI=1S/C20H21N3OS/c1-2-21-19(24)14-6-8-15(9-7-14)20-22-17-10-12-23(16-4-3-5-16)13-11-18(17)25-20/h3-9H,2,10-13H2,1H3,(H,21,24). The first kappa shape index (κ1) is 16.1. The highest BCUT2D eigenvalue weighted by molar-refractivity contribution is 7.15. The fraction of sp³-hybridized carbons (Fsp3) is 0.300. The zero-order valence-corrected chi connectivity index (χ0v) is 15.1. The van der Waals surface area contributed by atoms with Crippen LogP contribution in [-0.2, 0) is 12.8 Å². The Morgan fingerprint density at radius 2 is 2.00 bits per heavy atom. The number of allylic oxidation sites excluding steroid dienone is 3. The normalized spacial score (nSPS) is 15.9. The van der Waals surface area contributed by atoms with E-state index in [1.807, 2.05) is 31.2 Å². The van der Waals surface area contributed by atoms with Crippen LogP contribution in [0.1, 0.15) is 27.9 Å². The number of carbonyl (C=O) groups excluding carboxylic acids is 1. The van der Waals surface area contributed by atoms with Gasteiger partial charge in [0, 0.05) is 54.2 Å². The predicted octanol–water partition coefficient (Wildman–Crippen LogP) is 3.41. The highest BCUT2D eigenvalue weighted by Crippen LogP contribution is 2.31. The summed E-state index contributed by atoms with van der Waals surface area (Å²) >= 11 is 1.79. The number of benzene rings is 1. The van der Waals surface area contributed by atoms with Gasteiger partial charge in [-0.3, -0.25) is 4.79 Å². The van der Waals surface area contributed by atoms with Gasteiger partial charge < -0.3 is 10.2 Å². The molecule has 0 saturated heterocycles. The maximum atomic E-state index is 11.9. The van der Waals surface area contributed by atoms with Crippen LogP contribution in [0, 0.1) is 0 Å². The SMILES string of the molecule is CCNC(=O)c1ccc(-c2nc3c(s2)CCN(C2=CC=C2)CC3)cc1. The van der Waals surface area contributed by atoms with Gasteiger partial charge in [0.25, 0.3) is 5.91 Å². The topological polar surface area (TPSA) is 45.2 Å². The van der Waals surface area contributed by atoms with Crippen LogP contribution in [0.25, 0.3) is 10.6 Å². The maximum absolute atomic E-state index is 11.9. The van der Waals surface area contributed by atoms with E-state index in [0.717, 1.165) is 36.5 Å². The van der Waals surface area contributed by atoms with Crippen molar-refractivity contribution in [3.63, 3.8) is 0 Å². The van der Waals surface area contributed by atoms with Crippen LogP contribution in [-0.4, -0.2) is 35.4 Å². The molecule has 0 spiro atoms. The number of thiazole rings is 1. The van der Waals surface area contributed by atoms with Gasteiger partial charge in [-0.1, -0.05) is 18.2 Å². The highest BCUT2D eigenvalue weighted by atomic mass is 32.1. The van der Waals surface area contributed by atoms with Crippen molar-refractivity contribution in [1.82, 2.24) is 15.2 Å². The van der Waals surface area contributed by atoms with Gasteiger partial charge in [0.2, 0.25) is 0 Å². The molecule has 128 valence electrons. The van der Waals surface area contributed by atoms with E-state index in [2.05, 4.69) is 28.4 Å². The molecule has 0 bridgehead atoms. The lowest BCUT2D eigenvalue weighted by molar-refractivity contribution is 0.0956. The summed E-state index contributed by atoms with van der Waals surface area (Å²) in [6.45, 7) is 4.65. The van der Waals surface area contributed by atoms with Crippen molar-refractivity contribution in [2.45, 2.75) is 19.8 Å². The van der Waals surface area contributed by atoms with Gasteiger partial charge in [-0.25, -0.2) is 4.98 Å². The summed E-state index contributed by atoms with van der Waals surface area (Å²) in [6.07, 6.45) is 8.49. The van der Waals surface area contributed by atoms with Crippen LogP contribution < -0.4 is 5.32 Å². The molecule has 2 aliphatic rings. The van der Waals surface area contributed by atoms with Crippen LogP contribution in [0.4, 0.5) is 0 Å². The molecule has 1 aromatic heterocycles. The molecule has 0 radical (unpaired) electrons. The summed E-state index contributed by atoms with van der Waals surface area (Å²) in [5.41, 5.74) is 4.37. The van der Waals surface area contributed by atoms with Gasteiger partial charge in [-0.2, -0.15) is 0 Å². The van der Waals surface area contributed by atoms with E-state index in [-0.39, 0.29) is 5.91 Å². The number of hydrogen-bond acceptors (Lipinski definition) is 4. The van der Waals surface area contributed by atoms with Crippen molar-refractivity contribution in [1.29, 1.82) is 0 Å². The zero-order valence-electron chi connectivity index (χ0n) is 14.3. The van der Waals surface area contributed by atoms with Gasteiger partial charge in [0.1, 0.15) is 5.01 Å².